The molecule has 1 N–H and O–H groups in total. The third-order valence-electron chi connectivity index (χ3n) is 6.11. The number of piperidine rings is 1. The number of likely N-dealkylation sites (tertiary alicyclic amines) is 1. The molecule has 1 spiro atoms. The number of hydrogen-bond donors (Lipinski definition) is 1. The van der Waals surface area contributed by atoms with Crippen molar-refractivity contribution >= 4 is 5.91 Å². The molecule has 1 unspecified atom stereocenters. The molecule has 29 heavy (non-hydrogen) atoms. The highest BCUT2D eigenvalue weighted by atomic mass is 16.2. The first kappa shape index (κ1) is 17.8. The fourth-order valence-corrected chi connectivity index (χ4v) is 4.62. The fourth-order valence-electron chi connectivity index (χ4n) is 4.62. The van der Waals surface area contributed by atoms with Gasteiger partial charge in [0.05, 0.1) is 5.69 Å². The number of amides is 1. The van der Waals surface area contributed by atoms with Gasteiger partial charge in [-0.2, -0.15) is 0 Å². The van der Waals surface area contributed by atoms with Crippen LogP contribution in [-0.2, 0) is 18.9 Å². The first-order valence-electron chi connectivity index (χ1n) is 9.90. The van der Waals surface area contributed by atoms with Gasteiger partial charge < -0.3 is 4.90 Å². The summed E-state index contributed by atoms with van der Waals surface area (Å²) in [6, 6.07) is 9.96. The van der Waals surface area contributed by atoms with Gasteiger partial charge in [-0.3, -0.25) is 9.78 Å². The number of aryl methyl sites for hydroxylation is 2. The van der Waals surface area contributed by atoms with Crippen molar-refractivity contribution in [3.63, 3.8) is 0 Å². The molecule has 1 saturated heterocycles. The second-order valence-electron chi connectivity index (χ2n) is 7.95. The van der Waals surface area contributed by atoms with Crippen LogP contribution in [0.15, 0.2) is 41.3 Å². The summed E-state index contributed by atoms with van der Waals surface area (Å²) in [5, 5.41) is 4.03. The fraction of sp³-hybridized carbons (Fsp3) is 0.381. The quantitative estimate of drug-likeness (QED) is 0.718. The first-order valence-corrected chi connectivity index (χ1v) is 9.90. The van der Waals surface area contributed by atoms with Crippen LogP contribution in [0.2, 0.25) is 0 Å². The van der Waals surface area contributed by atoms with Crippen LogP contribution in [-0.4, -0.2) is 48.6 Å². The van der Waals surface area contributed by atoms with Crippen molar-refractivity contribution in [2.45, 2.75) is 31.1 Å². The van der Waals surface area contributed by atoms with Gasteiger partial charge in [0.15, 0.2) is 5.82 Å². The molecule has 5 rings (SSSR count). The number of aromatic nitrogens is 5. The number of nitrogens with zero attached hydrogens (tertiary/aromatic N) is 5. The third-order valence-corrected chi connectivity index (χ3v) is 6.11. The van der Waals surface area contributed by atoms with Crippen molar-refractivity contribution in [1.29, 1.82) is 0 Å². The van der Waals surface area contributed by atoms with Crippen molar-refractivity contribution in [2.75, 3.05) is 13.1 Å². The highest BCUT2D eigenvalue weighted by Gasteiger charge is 2.45. The second-order valence-corrected chi connectivity index (χ2v) is 7.95. The van der Waals surface area contributed by atoms with Crippen LogP contribution < -0.4 is 5.69 Å². The Morgan fingerprint density at radius 1 is 1.21 bits per heavy atom. The number of rotatable bonds is 2. The lowest BCUT2D eigenvalue weighted by Gasteiger charge is -2.40. The monoisotopic (exact) mass is 390 g/mol. The molecule has 148 valence electrons. The molecule has 0 bridgehead atoms. The summed E-state index contributed by atoms with van der Waals surface area (Å²) in [6.45, 7) is 1.24. The van der Waals surface area contributed by atoms with Crippen LogP contribution in [0.5, 0.6) is 0 Å². The van der Waals surface area contributed by atoms with E-state index >= 15 is 0 Å². The average molecular weight is 390 g/mol. The molecule has 1 aliphatic carbocycles. The number of fused-ring (bicyclic) bond motifs is 2. The number of benzene rings is 1. The summed E-state index contributed by atoms with van der Waals surface area (Å²) in [4.78, 5) is 38.5. The minimum atomic E-state index is -0.383. The van der Waals surface area contributed by atoms with Crippen molar-refractivity contribution in [1.82, 2.24) is 29.6 Å². The number of nitrogens with one attached hydrogen (secondary N) is 1. The number of H-pyrrole nitrogens is 1. The maximum atomic E-state index is 13.0. The molecule has 1 aliphatic heterocycles. The van der Waals surface area contributed by atoms with Crippen molar-refractivity contribution < 1.29 is 4.79 Å². The minimum Gasteiger partial charge on any atom is -0.335 e. The summed E-state index contributed by atoms with van der Waals surface area (Å²) < 4.78 is 1.15. The van der Waals surface area contributed by atoms with Crippen molar-refractivity contribution in [3.05, 3.63) is 64.1 Å². The van der Waals surface area contributed by atoms with Gasteiger partial charge in [-0.15, -0.1) is 5.10 Å². The van der Waals surface area contributed by atoms with Crippen molar-refractivity contribution in [3.8, 4) is 11.4 Å². The van der Waals surface area contributed by atoms with E-state index in [0.29, 0.717) is 13.1 Å². The molecule has 0 saturated carbocycles. The number of aromatic amines is 1. The van der Waals surface area contributed by atoms with E-state index in [1.807, 2.05) is 36.5 Å². The molecule has 0 radical (unpaired) electrons. The summed E-state index contributed by atoms with van der Waals surface area (Å²) in [5.74, 6) is 0.594. The Labute approximate surface area is 167 Å². The summed E-state index contributed by atoms with van der Waals surface area (Å²) in [7, 11) is 1.53. The number of carbonyl (C=O) groups excluding carboxylic acids is 1. The molecule has 1 aromatic carbocycles. The summed E-state index contributed by atoms with van der Waals surface area (Å²) in [6.07, 6.45) is 5.71. The largest absolute Gasteiger partial charge is 0.343 e. The zero-order valence-corrected chi connectivity index (χ0v) is 16.3. The molecular formula is C21H22N6O2. The van der Waals surface area contributed by atoms with Crippen LogP contribution in [0.1, 0.15) is 41.1 Å². The van der Waals surface area contributed by atoms with E-state index in [1.165, 1.54) is 12.6 Å². The number of carbonyl (C=O) groups is 1. The van der Waals surface area contributed by atoms with E-state index in [4.69, 9.17) is 4.98 Å². The Morgan fingerprint density at radius 2 is 2.03 bits per heavy atom. The Hall–Kier alpha value is -3.29. The van der Waals surface area contributed by atoms with Crippen LogP contribution in [0.4, 0.5) is 0 Å². The molecule has 1 atom stereocenters. The molecule has 2 aliphatic rings. The summed E-state index contributed by atoms with van der Waals surface area (Å²) in [5.41, 5.74) is 2.69. The van der Waals surface area contributed by atoms with Gasteiger partial charge in [0.1, 0.15) is 0 Å². The first-order chi connectivity index (χ1) is 14.1. The molecule has 1 amide bonds. The number of hydrogen-bond acceptors (Lipinski definition) is 5. The average Bonchev–Trinajstić information content (AvgIpc) is 3.28. The molecule has 8 heteroatoms. The Balaban J connectivity index is 1.48. The lowest BCUT2D eigenvalue weighted by molar-refractivity contribution is 0.0621. The van der Waals surface area contributed by atoms with E-state index < -0.39 is 0 Å². The van der Waals surface area contributed by atoms with Crippen LogP contribution >= 0.6 is 0 Å². The van der Waals surface area contributed by atoms with Gasteiger partial charge in [0, 0.05) is 37.3 Å². The van der Waals surface area contributed by atoms with Gasteiger partial charge in [0.2, 0.25) is 5.82 Å². The zero-order chi connectivity index (χ0) is 20.0. The van der Waals surface area contributed by atoms with E-state index in [-0.39, 0.29) is 22.8 Å². The highest BCUT2D eigenvalue weighted by molar-refractivity contribution is 5.90. The van der Waals surface area contributed by atoms with E-state index in [2.05, 4.69) is 15.1 Å². The van der Waals surface area contributed by atoms with Gasteiger partial charge in [-0.05, 0) is 31.2 Å². The van der Waals surface area contributed by atoms with Gasteiger partial charge in [-0.1, -0.05) is 30.3 Å². The predicted octanol–water partition coefficient (Wildman–Crippen LogP) is 1.69. The van der Waals surface area contributed by atoms with Gasteiger partial charge >= 0.3 is 5.69 Å². The molecule has 3 heterocycles. The normalized spacial score (nSPS) is 20.8. The minimum absolute atomic E-state index is 0.0976. The third kappa shape index (κ3) is 2.95. The molecule has 8 nitrogen and oxygen atoms in total. The SMILES string of the molecule is Cn1nc(C(=O)N2CCCC3(CCc4cnc(-c5ccccc5)nc43)C2)[nH]c1=O. The van der Waals surface area contributed by atoms with Gasteiger partial charge in [0.25, 0.3) is 5.91 Å². The second kappa shape index (κ2) is 6.65. The highest BCUT2D eigenvalue weighted by Crippen LogP contribution is 2.44. The maximum Gasteiger partial charge on any atom is 0.343 e. The lowest BCUT2D eigenvalue weighted by Crippen LogP contribution is -2.48. The van der Waals surface area contributed by atoms with Gasteiger partial charge in [-0.25, -0.2) is 19.4 Å². The van der Waals surface area contributed by atoms with Crippen LogP contribution in [0, 0.1) is 0 Å². The standard InChI is InChI=1S/C21H22N6O2/c1-26-20(29)24-18(25-26)19(28)27-11-5-9-21(13-27)10-8-15-12-22-17(23-16(15)21)14-6-3-2-4-7-14/h2-4,6-7,12H,5,8-11,13H2,1H3,(H,24,25,29). The molecule has 3 aromatic rings. The maximum absolute atomic E-state index is 13.0. The van der Waals surface area contributed by atoms with E-state index in [9.17, 15) is 9.59 Å². The van der Waals surface area contributed by atoms with Crippen LogP contribution in [0.25, 0.3) is 11.4 Å². The molecule has 1 fully saturated rings. The van der Waals surface area contributed by atoms with E-state index in [0.717, 1.165) is 47.4 Å². The Morgan fingerprint density at radius 3 is 2.79 bits per heavy atom. The smallest absolute Gasteiger partial charge is 0.335 e. The van der Waals surface area contributed by atoms with Crippen LogP contribution in [0.3, 0.4) is 0 Å². The van der Waals surface area contributed by atoms with Crippen molar-refractivity contribution in [2.24, 2.45) is 7.05 Å². The van der Waals surface area contributed by atoms with E-state index in [1.54, 1.807) is 4.90 Å². The molecule has 2 aromatic heterocycles. The summed E-state index contributed by atoms with van der Waals surface area (Å²) >= 11 is 0. The molecular weight excluding hydrogens is 368 g/mol. The predicted molar refractivity (Wildman–Crippen MR) is 106 cm³/mol. The zero-order valence-electron chi connectivity index (χ0n) is 16.3. The lowest BCUT2D eigenvalue weighted by atomic mass is 9.77. The Kier molecular flexibility index (Phi) is 4.08. The Bertz CT molecular complexity index is 1130. The topological polar surface area (TPSA) is 96.8 Å².